The molecular weight excluding hydrogens is 240 g/mol. The minimum absolute atomic E-state index is 0.0201. The highest BCUT2D eigenvalue weighted by atomic mass is 16.2. The van der Waals surface area contributed by atoms with E-state index in [1.54, 1.807) is 4.90 Å². The lowest BCUT2D eigenvalue weighted by Crippen LogP contribution is -2.32. The van der Waals surface area contributed by atoms with Crippen LogP contribution in [0.15, 0.2) is 12.2 Å². The van der Waals surface area contributed by atoms with Crippen LogP contribution in [0.5, 0.6) is 0 Å². The van der Waals surface area contributed by atoms with Crippen LogP contribution in [0, 0.1) is 13.8 Å². The summed E-state index contributed by atoms with van der Waals surface area (Å²) in [7, 11) is 0. The fourth-order valence-corrected chi connectivity index (χ4v) is 2.30. The predicted octanol–water partition coefficient (Wildman–Crippen LogP) is 2.87. The zero-order chi connectivity index (χ0) is 14.7. The number of H-pyrrole nitrogens is 1. The van der Waals surface area contributed by atoms with Gasteiger partial charge in [-0.25, -0.2) is 0 Å². The molecule has 0 aliphatic rings. The molecule has 1 N–H and O–H groups in total. The zero-order valence-electron chi connectivity index (χ0n) is 12.4. The van der Waals surface area contributed by atoms with Gasteiger partial charge in [-0.05, 0) is 40.2 Å². The summed E-state index contributed by atoms with van der Waals surface area (Å²) in [5.74, 6) is -0.105. The number of aryl methyl sites for hydroxylation is 1. The van der Waals surface area contributed by atoms with E-state index in [9.17, 15) is 9.59 Å². The third-order valence-electron chi connectivity index (χ3n) is 3.13. The van der Waals surface area contributed by atoms with E-state index in [1.165, 1.54) is 6.92 Å². The number of rotatable bonds is 5. The van der Waals surface area contributed by atoms with E-state index in [0.717, 1.165) is 16.8 Å². The lowest BCUT2D eigenvalue weighted by atomic mass is 10.1. The topological polar surface area (TPSA) is 53.2 Å². The number of amides is 1. The second-order valence-corrected chi connectivity index (χ2v) is 4.96. The molecule has 0 saturated carbocycles. The maximum Gasteiger partial charge on any atom is 0.270 e. The summed E-state index contributed by atoms with van der Waals surface area (Å²) < 4.78 is 0. The molecule has 1 aromatic heterocycles. The van der Waals surface area contributed by atoms with Crippen molar-refractivity contribution in [2.24, 2.45) is 0 Å². The van der Waals surface area contributed by atoms with Gasteiger partial charge in [0, 0.05) is 24.3 Å². The van der Waals surface area contributed by atoms with Gasteiger partial charge in [0.2, 0.25) is 0 Å². The molecule has 4 heteroatoms. The molecule has 104 valence electrons. The van der Waals surface area contributed by atoms with E-state index in [4.69, 9.17) is 0 Å². The summed E-state index contributed by atoms with van der Waals surface area (Å²) in [5.41, 5.74) is 3.54. The average molecular weight is 262 g/mol. The molecule has 0 radical (unpaired) electrons. The predicted molar refractivity (Wildman–Crippen MR) is 76.7 cm³/mol. The van der Waals surface area contributed by atoms with Crippen molar-refractivity contribution < 1.29 is 9.59 Å². The van der Waals surface area contributed by atoms with E-state index in [2.05, 4.69) is 11.6 Å². The lowest BCUT2D eigenvalue weighted by Gasteiger charge is -2.20. The number of aromatic nitrogens is 1. The molecule has 1 aromatic rings. The Labute approximate surface area is 114 Å². The van der Waals surface area contributed by atoms with Crippen molar-refractivity contribution in [3.8, 4) is 0 Å². The summed E-state index contributed by atoms with van der Waals surface area (Å²) in [4.78, 5) is 28.8. The van der Waals surface area contributed by atoms with E-state index in [1.807, 2.05) is 27.7 Å². The molecule has 0 spiro atoms. The summed E-state index contributed by atoms with van der Waals surface area (Å²) >= 11 is 0. The van der Waals surface area contributed by atoms with Crippen molar-refractivity contribution in [3.63, 3.8) is 0 Å². The highest BCUT2D eigenvalue weighted by Crippen LogP contribution is 2.20. The number of carbonyl (C=O) groups is 2. The largest absolute Gasteiger partial charge is 0.354 e. The third-order valence-corrected chi connectivity index (χ3v) is 3.13. The summed E-state index contributed by atoms with van der Waals surface area (Å²) in [6.07, 6.45) is 0. The van der Waals surface area contributed by atoms with Crippen LogP contribution in [-0.2, 0) is 0 Å². The summed E-state index contributed by atoms with van der Waals surface area (Å²) in [5, 5.41) is 0. The number of nitrogens with one attached hydrogen (secondary N) is 1. The number of carbonyl (C=O) groups excluding carboxylic acids is 2. The number of nitrogens with zero attached hydrogens (tertiary/aromatic N) is 1. The SMILES string of the molecule is C=C(C)CN(CC)C(=O)c1[nH]c(C)c(C(C)=O)c1C. The van der Waals surface area contributed by atoms with E-state index < -0.39 is 0 Å². The first-order valence-electron chi connectivity index (χ1n) is 6.43. The Morgan fingerprint density at radius 3 is 2.21 bits per heavy atom. The van der Waals surface area contributed by atoms with Gasteiger partial charge in [-0.3, -0.25) is 9.59 Å². The molecule has 0 saturated heterocycles. The van der Waals surface area contributed by atoms with Gasteiger partial charge in [0.15, 0.2) is 5.78 Å². The maximum atomic E-state index is 12.5. The van der Waals surface area contributed by atoms with Crippen LogP contribution >= 0.6 is 0 Å². The van der Waals surface area contributed by atoms with Gasteiger partial charge >= 0.3 is 0 Å². The standard InChI is InChI=1S/C15H22N2O2/c1-7-17(8-9(2)3)15(19)14-10(4)13(12(6)18)11(5)16-14/h16H,2,7-8H2,1,3-6H3. The highest BCUT2D eigenvalue weighted by Gasteiger charge is 2.23. The zero-order valence-corrected chi connectivity index (χ0v) is 12.4. The van der Waals surface area contributed by atoms with Gasteiger partial charge in [-0.15, -0.1) is 0 Å². The Kier molecular flexibility index (Phi) is 4.70. The molecule has 4 nitrogen and oxygen atoms in total. The molecule has 1 heterocycles. The minimum Gasteiger partial charge on any atom is -0.354 e. The van der Waals surface area contributed by atoms with Gasteiger partial charge in [0.1, 0.15) is 5.69 Å². The number of hydrogen-bond donors (Lipinski definition) is 1. The Hall–Kier alpha value is -1.84. The number of ketones is 1. The van der Waals surface area contributed by atoms with Crippen LogP contribution in [0.25, 0.3) is 0 Å². The van der Waals surface area contributed by atoms with Gasteiger partial charge < -0.3 is 9.88 Å². The second kappa shape index (κ2) is 5.87. The van der Waals surface area contributed by atoms with Crippen LogP contribution in [0.1, 0.15) is 52.9 Å². The van der Waals surface area contributed by atoms with Crippen LogP contribution in [0.3, 0.4) is 0 Å². The Balaban J connectivity index is 3.16. The molecule has 1 rings (SSSR count). The first-order valence-corrected chi connectivity index (χ1v) is 6.43. The first kappa shape index (κ1) is 15.2. The summed E-state index contributed by atoms with van der Waals surface area (Å²) in [6, 6.07) is 0. The molecule has 19 heavy (non-hydrogen) atoms. The number of hydrogen-bond acceptors (Lipinski definition) is 2. The minimum atomic E-state index is -0.0846. The summed E-state index contributed by atoms with van der Waals surface area (Å²) in [6.45, 7) is 13.9. The Bertz CT molecular complexity index is 526. The van der Waals surface area contributed by atoms with E-state index >= 15 is 0 Å². The molecule has 0 atom stereocenters. The Morgan fingerprint density at radius 1 is 1.26 bits per heavy atom. The molecule has 0 aromatic carbocycles. The quantitative estimate of drug-likeness (QED) is 0.655. The van der Waals surface area contributed by atoms with Crippen molar-refractivity contribution in [1.82, 2.24) is 9.88 Å². The van der Waals surface area contributed by atoms with Gasteiger partial charge in [0.05, 0.1) is 0 Å². The molecule has 0 bridgehead atoms. The van der Waals surface area contributed by atoms with Gasteiger partial charge in [0.25, 0.3) is 5.91 Å². The maximum absolute atomic E-state index is 12.5. The first-order chi connectivity index (χ1) is 8.79. The highest BCUT2D eigenvalue weighted by molar-refractivity contribution is 6.02. The molecule has 1 amide bonds. The number of aromatic amines is 1. The van der Waals surface area contributed by atoms with E-state index in [0.29, 0.717) is 24.3 Å². The van der Waals surface area contributed by atoms with Gasteiger partial charge in [-0.1, -0.05) is 12.2 Å². The fourth-order valence-electron chi connectivity index (χ4n) is 2.30. The molecule has 0 fully saturated rings. The smallest absolute Gasteiger partial charge is 0.270 e. The molecule has 0 unspecified atom stereocenters. The Morgan fingerprint density at radius 2 is 1.84 bits per heavy atom. The van der Waals surface area contributed by atoms with Crippen molar-refractivity contribution in [2.45, 2.75) is 34.6 Å². The fraction of sp³-hybridized carbons (Fsp3) is 0.467. The molecular formula is C15H22N2O2. The van der Waals surface area contributed by atoms with Crippen molar-refractivity contribution in [2.75, 3.05) is 13.1 Å². The van der Waals surface area contributed by atoms with Crippen LogP contribution in [-0.4, -0.2) is 34.7 Å². The van der Waals surface area contributed by atoms with Crippen molar-refractivity contribution in [1.29, 1.82) is 0 Å². The average Bonchev–Trinajstić information content (AvgIpc) is 2.60. The van der Waals surface area contributed by atoms with Crippen molar-refractivity contribution >= 4 is 11.7 Å². The number of Topliss-reactive ketones (excluding diaryl/α,β-unsaturated/α-hetero) is 1. The number of likely N-dealkylation sites (N-methyl/N-ethyl adjacent to an activating group) is 1. The van der Waals surface area contributed by atoms with E-state index in [-0.39, 0.29) is 11.7 Å². The third kappa shape index (κ3) is 3.13. The normalized spacial score (nSPS) is 10.4. The van der Waals surface area contributed by atoms with Crippen LogP contribution in [0.2, 0.25) is 0 Å². The monoisotopic (exact) mass is 262 g/mol. The van der Waals surface area contributed by atoms with Crippen molar-refractivity contribution in [3.05, 3.63) is 34.7 Å². The van der Waals surface area contributed by atoms with Crippen LogP contribution < -0.4 is 0 Å². The molecule has 0 aliphatic carbocycles. The van der Waals surface area contributed by atoms with Gasteiger partial charge in [-0.2, -0.15) is 0 Å². The lowest BCUT2D eigenvalue weighted by molar-refractivity contribution is 0.0772. The second-order valence-electron chi connectivity index (χ2n) is 4.96. The molecule has 0 aliphatic heterocycles. The van der Waals surface area contributed by atoms with Crippen LogP contribution in [0.4, 0.5) is 0 Å².